The molecule has 4 nitrogen and oxygen atoms in total. The van der Waals surface area contributed by atoms with E-state index in [1.54, 1.807) is 6.08 Å². The van der Waals surface area contributed by atoms with Gasteiger partial charge in [-0.25, -0.2) is 8.78 Å². The molecular weight excluding hydrogens is 374 g/mol. The molecule has 29 heavy (non-hydrogen) atoms. The van der Waals surface area contributed by atoms with Crippen molar-refractivity contribution in [3.8, 4) is 5.75 Å². The third-order valence-electron chi connectivity index (χ3n) is 5.20. The van der Waals surface area contributed by atoms with Crippen LogP contribution in [0.15, 0.2) is 55.1 Å². The molecule has 1 fully saturated rings. The average molecular weight is 396 g/mol. The molecule has 0 N–H and O–H groups in total. The first kappa shape index (κ1) is 19.2. The fourth-order valence-corrected chi connectivity index (χ4v) is 3.78. The Morgan fingerprint density at radius 1 is 1.10 bits per heavy atom. The predicted octanol–water partition coefficient (Wildman–Crippen LogP) is 4.77. The second-order valence-electron chi connectivity index (χ2n) is 7.15. The smallest absolute Gasteiger partial charge is 0.270 e. The number of fused-ring (bicyclic) bond motifs is 1. The highest BCUT2D eigenvalue weighted by Gasteiger charge is 2.25. The summed E-state index contributed by atoms with van der Waals surface area (Å²) in [5.74, 6) is -1.20. The first-order chi connectivity index (χ1) is 14.1. The topological polar surface area (TPSA) is 34.5 Å². The molecule has 0 spiro atoms. The van der Waals surface area contributed by atoms with E-state index in [9.17, 15) is 13.6 Å². The number of benzene rings is 2. The summed E-state index contributed by atoms with van der Waals surface area (Å²) < 4.78 is 34.7. The molecule has 1 saturated heterocycles. The van der Waals surface area contributed by atoms with Crippen molar-refractivity contribution in [2.24, 2.45) is 0 Å². The van der Waals surface area contributed by atoms with Gasteiger partial charge < -0.3 is 14.2 Å². The summed E-state index contributed by atoms with van der Waals surface area (Å²) >= 11 is 0. The monoisotopic (exact) mass is 396 g/mol. The van der Waals surface area contributed by atoms with Crippen LogP contribution in [-0.4, -0.2) is 35.1 Å². The van der Waals surface area contributed by atoms with Gasteiger partial charge in [0.15, 0.2) is 11.6 Å². The molecular formula is C23H22F2N2O2. The summed E-state index contributed by atoms with van der Waals surface area (Å²) in [5, 5.41) is 0.805. The highest BCUT2D eigenvalue weighted by molar-refractivity contribution is 6.00. The number of nitrogens with zero attached hydrogens (tertiary/aromatic N) is 2. The first-order valence-electron chi connectivity index (χ1n) is 9.67. The van der Waals surface area contributed by atoms with Gasteiger partial charge in [-0.2, -0.15) is 0 Å². The van der Waals surface area contributed by atoms with E-state index in [0.29, 0.717) is 23.6 Å². The molecule has 0 aliphatic carbocycles. The third-order valence-corrected chi connectivity index (χ3v) is 5.20. The van der Waals surface area contributed by atoms with Crippen LogP contribution in [0.5, 0.6) is 5.75 Å². The lowest BCUT2D eigenvalue weighted by molar-refractivity contribution is 0.0783. The summed E-state index contributed by atoms with van der Waals surface area (Å²) in [6.45, 7) is 5.73. The van der Waals surface area contributed by atoms with Crippen LogP contribution in [0.3, 0.4) is 0 Å². The molecule has 6 heteroatoms. The Kier molecular flexibility index (Phi) is 5.34. The molecule has 0 saturated carbocycles. The van der Waals surface area contributed by atoms with Gasteiger partial charge in [-0.3, -0.25) is 4.79 Å². The van der Waals surface area contributed by atoms with Crippen LogP contribution in [0.1, 0.15) is 28.9 Å². The second kappa shape index (κ2) is 8.07. The molecule has 150 valence electrons. The highest BCUT2D eigenvalue weighted by atomic mass is 19.2. The van der Waals surface area contributed by atoms with Crippen molar-refractivity contribution >= 4 is 16.8 Å². The van der Waals surface area contributed by atoms with Crippen molar-refractivity contribution in [3.05, 3.63) is 78.0 Å². The van der Waals surface area contributed by atoms with E-state index in [-0.39, 0.29) is 12.5 Å². The highest BCUT2D eigenvalue weighted by Crippen LogP contribution is 2.31. The predicted molar refractivity (Wildman–Crippen MR) is 108 cm³/mol. The molecule has 0 radical (unpaired) electrons. The summed E-state index contributed by atoms with van der Waals surface area (Å²) in [4.78, 5) is 15.0. The minimum absolute atomic E-state index is 0.0593. The van der Waals surface area contributed by atoms with Crippen molar-refractivity contribution in [1.82, 2.24) is 9.47 Å². The maximum Gasteiger partial charge on any atom is 0.270 e. The Morgan fingerprint density at radius 2 is 1.90 bits per heavy atom. The average Bonchev–Trinajstić information content (AvgIpc) is 3.38. The SMILES string of the molecule is C=CCOc1cccc2c1cc(C(=O)N1CCCC1)n2Cc1ccc(F)c(F)c1. The summed E-state index contributed by atoms with van der Waals surface area (Å²) in [6.07, 6.45) is 3.64. The number of hydrogen-bond acceptors (Lipinski definition) is 2. The maximum atomic E-state index is 13.7. The number of hydrogen-bond donors (Lipinski definition) is 0. The van der Waals surface area contributed by atoms with Crippen LogP contribution in [0, 0.1) is 11.6 Å². The number of aromatic nitrogens is 1. The first-order valence-corrected chi connectivity index (χ1v) is 9.67. The largest absolute Gasteiger partial charge is 0.489 e. The molecule has 3 aromatic rings. The summed E-state index contributed by atoms with van der Waals surface area (Å²) in [6, 6.07) is 11.2. The fraction of sp³-hybridized carbons (Fsp3) is 0.261. The van der Waals surface area contributed by atoms with Crippen molar-refractivity contribution in [2.75, 3.05) is 19.7 Å². The van der Waals surface area contributed by atoms with E-state index >= 15 is 0 Å². The van der Waals surface area contributed by atoms with Crippen LogP contribution >= 0.6 is 0 Å². The Balaban J connectivity index is 1.82. The lowest BCUT2D eigenvalue weighted by atomic mass is 10.2. The lowest BCUT2D eigenvalue weighted by Gasteiger charge is -2.17. The number of amides is 1. The Labute approximate surface area is 168 Å². The van der Waals surface area contributed by atoms with E-state index in [1.807, 2.05) is 33.7 Å². The number of halogens is 2. The van der Waals surface area contributed by atoms with Crippen LogP contribution in [0.2, 0.25) is 0 Å². The number of rotatable bonds is 6. The van der Waals surface area contributed by atoms with Gasteiger partial charge in [0, 0.05) is 25.0 Å². The molecule has 2 aromatic carbocycles. The van der Waals surface area contributed by atoms with Gasteiger partial charge >= 0.3 is 0 Å². The molecule has 0 bridgehead atoms. The lowest BCUT2D eigenvalue weighted by Crippen LogP contribution is -2.29. The molecule has 1 aromatic heterocycles. The molecule has 1 aliphatic rings. The van der Waals surface area contributed by atoms with Crippen LogP contribution in [0.4, 0.5) is 8.78 Å². The van der Waals surface area contributed by atoms with Gasteiger partial charge in [-0.05, 0) is 48.7 Å². The van der Waals surface area contributed by atoms with Gasteiger partial charge in [0.2, 0.25) is 0 Å². The van der Waals surface area contributed by atoms with Gasteiger partial charge in [-0.1, -0.05) is 24.8 Å². The molecule has 1 amide bonds. The molecule has 2 heterocycles. The Morgan fingerprint density at radius 3 is 2.62 bits per heavy atom. The van der Waals surface area contributed by atoms with Crippen molar-refractivity contribution in [1.29, 1.82) is 0 Å². The zero-order valence-electron chi connectivity index (χ0n) is 16.0. The van der Waals surface area contributed by atoms with Gasteiger partial charge in [0.1, 0.15) is 18.1 Å². The zero-order valence-corrected chi connectivity index (χ0v) is 16.0. The molecule has 0 atom stereocenters. The van der Waals surface area contributed by atoms with Crippen LogP contribution in [-0.2, 0) is 6.54 Å². The standard InChI is InChI=1S/C23H22F2N2O2/c1-2-12-29-22-7-5-6-20-17(22)14-21(23(28)26-10-3-4-11-26)27(20)15-16-8-9-18(24)19(25)13-16/h2,5-9,13-14H,1,3-4,10-12,15H2. The minimum atomic E-state index is -0.901. The number of carbonyl (C=O) groups excluding carboxylic acids is 1. The number of carbonyl (C=O) groups is 1. The normalized spacial score (nSPS) is 13.8. The van der Waals surface area contributed by atoms with Gasteiger partial charge in [-0.15, -0.1) is 0 Å². The second-order valence-corrected chi connectivity index (χ2v) is 7.15. The Hall–Kier alpha value is -3.15. The van der Waals surface area contributed by atoms with E-state index in [1.165, 1.54) is 12.1 Å². The van der Waals surface area contributed by atoms with E-state index < -0.39 is 11.6 Å². The van der Waals surface area contributed by atoms with Gasteiger partial charge in [0.05, 0.1) is 5.52 Å². The maximum absolute atomic E-state index is 13.7. The number of ether oxygens (including phenoxy) is 1. The van der Waals surface area contributed by atoms with Gasteiger partial charge in [0.25, 0.3) is 5.91 Å². The summed E-state index contributed by atoms with van der Waals surface area (Å²) in [7, 11) is 0. The van der Waals surface area contributed by atoms with Crippen LogP contribution in [0.25, 0.3) is 10.9 Å². The van der Waals surface area contributed by atoms with E-state index in [0.717, 1.165) is 42.9 Å². The number of likely N-dealkylation sites (tertiary alicyclic amines) is 1. The molecule has 1 aliphatic heterocycles. The van der Waals surface area contributed by atoms with Crippen molar-refractivity contribution in [2.45, 2.75) is 19.4 Å². The van der Waals surface area contributed by atoms with E-state index in [2.05, 4.69) is 6.58 Å². The Bertz CT molecular complexity index is 1070. The van der Waals surface area contributed by atoms with E-state index in [4.69, 9.17) is 4.74 Å². The van der Waals surface area contributed by atoms with Crippen LogP contribution < -0.4 is 4.74 Å². The molecule has 4 rings (SSSR count). The minimum Gasteiger partial charge on any atom is -0.489 e. The summed E-state index contributed by atoms with van der Waals surface area (Å²) in [5.41, 5.74) is 1.90. The van der Waals surface area contributed by atoms with Crippen molar-refractivity contribution in [3.63, 3.8) is 0 Å². The van der Waals surface area contributed by atoms with Crippen molar-refractivity contribution < 1.29 is 18.3 Å². The quantitative estimate of drug-likeness (QED) is 0.563. The molecule has 0 unspecified atom stereocenters. The third kappa shape index (κ3) is 3.75. The fourth-order valence-electron chi connectivity index (χ4n) is 3.78. The zero-order chi connectivity index (χ0) is 20.4.